The number of aromatic nitrogens is 5. The highest BCUT2D eigenvalue weighted by atomic mass is 35.5. The van der Waals surface area contributed by atoms with Crippen molar-refractivity contribution in [2.24, 2.45) is 0 Å². The molecule has 2 aliphatic heterocycles. The van der Waals surface area contributed by atoms with Gasteiger partial charge < -0.3 is 35.1 Å². The first kappa shape index (κ1) is 45.7. The maximum absolute atomic E-state index is 14.7. The fourth-order valence-electron chi connectivity index (χ4n) is 8.45. The highest BCUT2D eigenvalue weighted by Crippen LogP contribution is 2.43. The molecule has 8 rings (SSSR count). The number of carbonyl (C=O) groups is 4. The minimum atomic E-state index is -0.727. The first-order chi connectivity index (χ1) is 31.6. The van der Waals surface area contributed by atoms with E-state index in [1.807, 2.05) is 29.8 Å². The summed E-state index contributed by atoms with van der Waals surface area (Å²) in [4.78, 5) is 60.6. The number of nitrogens with zero attached hydrogens (tertiary/aromatic N) is 6. The Morgan fingerprint density at radius 3 is 2.62 bits per heavy atom. The molecule has 0 spiro atoms. The SMILES string of the molecule is O=C1CCC(N2Cc3c(NC(=O)CCNCCOCCOCCn4cc([C@]5(Cc6cccc(Nc7nccs7)n6)CC[C@@H](Oc6cccc(Cl)c6F)CC5)nn4)cccc3C2=O)C(=O)N1. The number of rotatable bonds is 21. The van der Waals surface area contributed by atoms with Crippen molar-refractivity contribution in [2.45, 2.75) is 82.0 Å². The van der Waals surface area contributed by atoms with Gasteiger partial charge in [-0.1, -0.05) is 35.0 Å². The number of hydrogen-bond acceptors (Lipinski definition) is 14. The third-order valence-electron chi connectivity index (χ3n) is 11.8. The van der Waals surface area contributed by atoms with Crippen molar-refractivity contribution >= 4 is 63.2 Å². The van der Waals surface area contributed by atoms with Crippen LogP contribution in [0.15, 0.2) is 72.4 Å². The highest BCUT2D eigenvalue weighted by Gasteiger charge is 2.42. The number of pyridine rings is 1. The molecule has 20 heteroatoms. The molecule has 0 radical (unpaired) electrons. The fourth-order valence-corrected chi connectivity index (χ4v) is 9.15. The topological polar surface area (TPSA) is 204 Å². The average Bonchev–Trinajstić information content (AvgIpc) is 4.07. The number of fused-ring (bicyclic) bond motifs is 1. The van der Waals surface area contributed by atoms with Crippen LogP contribution in [0.4, 0.5) is 21.0 Å². The molecule has 3 aromatic heterocycles. The number of nitrogens with one attached hydrogen (secondary N) is 4. The fraction of sp³-hybridized carbons (Fsp3) is 0.422. The Balaban J connectivity index is 0.745. The van der Waals surface area contributed by atoms with Crippen molar-refractivity contribution in [3.05, 3.63) is 106 Å². The first-order valence-electron chi connectivity index (χ1n) is 21.7. The molecule has 342 valence electrons. The molecule has 0 bridgehead atoms. The van der Waals surface area contributed by atoms with E-state index in [1.54, 1.807) is 41.2 Å². The lowest BCUT2D eigenvalue weighted by Gasteiger charge is -2.38. The summed E-state index contributed by atoms with van der Waals surface area (Å²) in [5, 5.41) is 23.5. The lowest BCUT2D eigenvalue weighted by molar-refractivity contribution is -0.137. The Hall–Kier alpha value is -5.86. The maximum atomic E-state index is 14.7. The largest absolute Gasteiger partial charge is 0.487 e. The number of halogens is 2. The molecular weight excluding hydrogens is 879 g/mol. The average molecular weight is 929 g/mol. The quantitative estimate of drug-likeness (QED) is 0.0525. The summed E-state index contributed by atoms with van der Waals surface area (Å²) < 4.78 is 34.2. The zero-order valence-corrected chi connectivity index (χ0v) is 37.2. The summed E-state index contributed by atoms with van der Waals surface area (Å²) in [6.45, 7) is 3.27. The molecule has 2 aromatic carbocycles. The second-order valence-electron chi connectivity index (χ2n) is 16.2. The van der Waals surface area contributed by atoms with E-state index in [0.717, 1.165) is 29.4 Å². The number of imide groups is 1. The van der Waals surface area contributed by atoms with Gasteiger partial charge in [0.2, 0.25) is 17.7 Å². The van der Waals surface area contributed by atoms with E-state index in [-0.39, 0.29) is 65.8 Å². The van der Waals surface area contributed by atoms with Gasteiger partial charge in [0.05, 0.1) is 49.8 Å². The number of anilines is 3. The van der Waals surface area contributed by atoms with Gasteiger partial charge in [-0.2, -0.15) is 0 Å². The molecule has 2 fully saturated rings. The number of benzene rings is 2. The number of carbonyl (C=O) groups excluding carboxylic acids is 4. The number of ether oxygens (including phenoxy) is 3. The smallest absolute Gasteiger partial charge is 0.255 e. The highest BCUT2D eigenvalue weighted by molar-refractivity contribution is 7.13. The van der Waals surface area contributed by atoms with Crippen LogP contribution in [-0.4, -0.2) is 105 Å². The molecule has 1 saturated carbocycles. The third kappa shape index (κ3) is 11.5. The summed E-state index contributed by atoms with van der Waals surface area (Å²) in [6.07, 6.45) is 7.62. The van der Waals surface area contributed by atoms with E-state index in [9.17, 15) is 23.6 Å². The molecule has 4 N–H and O–H groups in total. The molecule has 1 saturated heterocycles. The van der Waals surface area contributed by atoms with Gasteiger partial charge in [0.25, 0.3) is 5.91 Å². The Labute approximate surface area is 383 Å². The predicted molar refractivity (Wildman–Crippen MR) is 240 cm³/mol. The summed E-state index contributed by atoms with van der Waals surface area (Å²) in [6, 6.07) is 15.1. The zero-order valence-electron chi connectivity index (χ0n) is 35.6. The molecular formula is C45H50ClFN10O7S. The Morgan fingerprint density at radius 2 is 1.80 bits per heavy atom. The van der Waals surface area contributed by atoms with Gasteiger partial charge in [-0.3, -0.25) is 24.5 Å². The van der Waals surface area contributed by atoms with Gasteiger partial charge >= 0.3 is 0 Å². The first-order valence-corrected chi connectivity index (χ1v) is 23.0. The second-order valence-corrected chi connectivity index (χ2v) is 17.5. The van der Waals surface area contributed by atoms with Gasteiger partial charge in [-0.15, -0.1) is 16.4 Å². The minimum Gasteiger partial charge on any atom is -0.487 e. The van der Waals surface area contributed by atoms with E-state index in [1.165, 1.54) is 22.3 Å². The maximum Gasteiger partial charge on any atom is 0.255 e. The van der Waals surface area contributed by atoms with Crippen LogP contribution in [0.5, 0.6) is 5.75 Å². The van der Waals surface area contributed by atoms with Crippen LogP contribution in [0, 0.1) is 5.82 Å². The molecule has 1 aliphatic carbocycles. The van der Waals surface area contributed by atoms with Crippen LogP contribution >= 0.6 is 22.9 Å². The van der Waals surface area contributed by atoms with Gasteiger partial charge in [0.1, 0.15) is 11.9 Å². The van der Waals surface area contributed by atoms with E-state index in [2.05, 4.69) is 36.6 Å². The van der Waals surface area contributed by atoms with E-state index in [0.29, 0.717) is 88.0 Å². The van der Waals surface area contributed by atoms with Gasteiger partial charge in [0.15, 0.2) is 16.7 Å². The molecule has 5 aromatic rings. The lowest BCUT2D eigenvalue weighted by atomic mass is 9.68. The molecule has 1 unspecified atom stereocenters. The second kappa shape index (κ2) is 21.4. The lowest BCUT2D eigenvalue weighted by Crippen LogP contribution is -2.52. The van der Waals surface area contributed by atoms with Crippen molar-refractivity contribution in [1.29, 1.82) is 0 Å². The van der Waals surface area contributed by atoms with E-state index < -0.39 is 17.8 Å². The normalized spacial score (nSPS) is 19.5. The number of hydrogen-bond donors (Lipinski definition) is 4. The molecule has 4 amide bonds. The van der Waals surface area contributed by atoms with Crippen molar-refractivity contribution < 1.29 is 37.8 Å². The van der Waals surface area contributed by atoms with Crippen LogP contribution < -0.4 is 26.0 Å². The molecule has 65 heavy (non-hydrogen) atoms. The summed E-state index contributed by atoms with van der Waals surface area (Å²) in [7, 11) is 0. The third-order valence-corrected chi connectivity index (χ3v) is 12.8. The van der Waals surface area contributed by atoms with Gasteiger partial charge in [0, 0.05) is 84.6 Å². The molecule has 3 aliphatic rings. The monoisotopic (exact) mass is 928 g/mol. The van der Waals surface area contributed by atoms with Crippen LogP contribution in [0.2, 0.25) is 5.02 Å². The minimum absolute atomic E-state index is 0.0296. The standard InChI is InChI=1S/C45H50ClFN10O7S/c46-33-6-3-8-36(41(33)47)64-30-12-15-45(16-13-30,26-29-4-1-9-38(50-29)52-44-49-19-25-65-44)37-28-56(55-54-37)20-22-63-24-23-62-21-18-48-17-14-40(59)51-34-7-2-5-31-32(34)27-57(43(31)61)35-10-11-39(58)53-42(35)60/h1-9,19,25,28,30,35,48H,10-18,20-24,26-27H2,(H,51,59)(H,49,50,52)(H,53,58,60)/t30-,35?,45-. The Bertz CT molecular complexity index is 2470. The molecule has 5 heterocycles. The van der Waals surface area contributed by atoms with E-state index in [4.69, 9.17) is 30.8 Å². The number of piperidine rings is 1. The Kier molecular flexibility index (Phi) is 15.1. The summed E-state index contributed by atoms with van der Waals surface area (Å²) in [5.41, 5.74) is 3.00. The number of amides is 4. The molecule has 1 atom stereocenters. The summed E-state index contributed by atoms with van der Waals surface area (Å²) in [5.74, 6) is -1.03. The van der Waals surface area contributed by atoms with Crippen LogP contribution in [-0.2, 0) is 48.8 Å². The zero-order chi connectivity index (χ0) is 45.2. The molecule has 17 nitrogen and oxygen atoms in total. The van der Waals surface area contributed by atoms with Crippen molar-refractivity contribution in [3.8, 4) is 5.75 Å². The summed E-state index contributed by atoms with van der Waals surface area (Å²) >= 11 is 7.52. The van der Waals surface area contributed by atoms with Crippen LogP contribution in [0.3, 0.4) is 0 Å². The van der Waals surface area contributed by atoms with Crippen molar-refractivity contribution in [3.63, 3.8) is 0 Å². The van der Waals surface area contributed by atoms with Crippen molar-refractivity contribution in [1.82, 2.24) is 40.5 Å². The van der Waals surface area contributed by atoms with Crippen LogP contribution in [0.25, 0.3) is 0 Å². The Morgan fingerprint density at radius 1 is 0.985 bits per heavy atom. The van der Waals surface area contributed by atoms with E-state index >= 15 is 0 Å². The predicted octanol–water partition coefficient (Wildman–Crippen LogP) is 5.58. The van der Waals surface area contributed by atoms with Gasteiger partial charge in [-0.05, 0) is 68.5 Å². The van der Waals surface area contributed by atoms with Crippen molar-refractivity contribution in [2.75, 3.05) is 50.2 Å². The number of thiazole rings is 1. The van der Waals surface area contributed by atoms with Gasteiger partial charge in [-0.25, -0.2) is 19.0 Å². The van der Waals surface area contributed by atoms with Crippen LogP contribution in [0.1, 0.15) is 72.3 Å².